The van der Waals surface area contributed by atoms with Crippen molar-refractivity contribution < 1.29 is 0 Å². The number of para-hydroxylation sites is 2. The third-order valence-electron chi connectivity index (χ3n) is 11.8. The largest absolute Gasteiger partial charge is 0.310 e. The zero-order valence-electron chi connectivity index (χ0n) is 32.2. The van der Waals surface area contributed by atoms with Gasteiger partial charge in [-0.25, -0.2) is 0 Å². The highest BCUT2D eigenvalue weighted by molar-refractivity contribution is 9.10. The van der Waals surface area contributed by atoms with Gasteiger partial charge in [0.25, 0.3) is 6.71 Å². The second-order valence-electron chi connectivity index (χ2n) is 15.2. The van der Waals surface area contributed by atoms with E-state index in [9.17, 15) is 0 Å². The Bertz CT molecular complexity index is 2770. The Morgan fingerprint density at radius 3 is 1.13 bits per heavy atom. The number of benzene rings is 9. The fraction of sp³-hybridized carbons (Fsp3) is 0. The molecule has 0 unspecified atom stereocenters. The van der Waals surface area contributed by atoms with Gasteiger partial charge in [0.15, 0.2) is 0 Å². The molecular formula is C54H34BBr2ClN2. The number of fused-ring (bicyclic) bond motifs is 4. The number of rotatable bonds is 6. The van der Waals surface area contributed by atoms with Gasteiger partial charge in [-0.15, -0.1) is 0 Å². The summed E-state index contributed by atoms with van der Waals surface area (Å²) in [6.45, 7) is -0.0842. The molecule has 2 heterocycles. The van der Waals surface area contributed by atoms with Crippen molar-refractivity contribution in [2.45, 2.75) is 0 Å². The predicted octanol–water partition coefficient (Wildman–Crippen LogP) is 14.6. The number of halogens is 3. The van der Waals surface area contributed by atoms with E-state index in [1.54, 1.807) is 0 Å². The first-order chi connectivity index (χ1) is 29.5. The first kappa shape index (κ1) is 36.9. The Morgan fingerprint density at radius 2 is 0.717 bits per heavy atom. The predicted molar refractivity (Wildman–Crippen MR) is 263 cm³/mol. The maximum absolute atomic E-state index is 7.06. The fourth-order valence-electron chi connectivity index (χ4n) is 9.36. The summed E-state index contributed by atoms with van der Waals surface area (Å²) >= 11 is 15.1. The van der Waals surface area contributed by atoms with Gasteiger partial charge < -0.3 is 9.80 Å². The monoisotopic (exact) mass is 914 g/mol. The van der Waals surface area contributed by atoms with Crippen LogP contribution in [0.1, 0.15) is 0 Å². The summed E-state index contributed by atoms with van der Waals surface area (Å²) in [5.74, 6) is 0. The minimum Gasteiger partial charge on any atom is -0.310 e. The Labute approximate surface area is 372 Å². The van der Waals surface area contributed by atoms with E-state index in [0.717, 1.165) is 87.6 Å². The molecule has 9 aromatic carbocycles. The molecule has 0 aliphatic carbocycles. The van der Waals surface area contributed by atoms with Crippen molar-refractivity contribution >= 4 is 101 Å². The lowest BCUT2D eigenvalue weighted by Crippen LogP contribution is -2.61. The van der Waals surface area contributed by atoms with Gasteiger partial charge in [-0.05, 0) is 75.0 Å². The number of hydrogen-bond acceptors (Lipinski definition) is 2. The zero-order chi connectivity index (χ0) is 40.3. The molecule has 0 fully saturated rings. The first-order valence-electron chi connectivity index (χ1n) is 20.0. The van der Waals surface area contributed by atoms with Crippen molar-refractivity contribution in [1.82, 2.24) is 0 Å². The van der Waals surface area contributed by atoms with Crippen LogP contribution in [0.15, 0.2) is 215 Å². The number of hydrogen-bond donors (Lipinski definition) is 0. The van der Waals surface area contributed by atoms with E-state index >= 15 is 0 Å². The topological polar surface area (TPSA) is 6.48 Å². The van der Waals surface area contributed by atoms with E-state index in [1.807, 2.05) is 6.07 Å². The molecule has 0 atom stereocenters. The van der Waals surface area contributed by atoms with Crippen LogP contribution in [0.25, 0.3) is 44.5 Å². The van der Waals surface area contributed by atoms with Gasteiger partial charge in [-0.3, -0.25) is 0 Å². The maximum atomic E-state index is 7.06. The van der Waals surface area contributed by atoms with Gasteiger partial charge in [0, 0.05) is 59.0 Å². The Kier molecular flexibility index (Phi) is 9.34. The van der Waals surface area contributed by atoms with Crippen LogP contribution < -0.4 is 26.2 Å². The lowest BCUT2D eigenvalue weighted by molar-refractivity contribution is 1.25. The van der Waals surface area contributed by atoms with Crippen molar-refractivity contribution in [2.24, 2.45) is 0 Å². The molecular weight excluding hydrogens is 883 g/mol. The quantitative estimate of drug-likeness (QED) is 0.153. The molecule has 0 radical (unpaired) electrons. The van der Waals surface area contributed by atoms with Crippen LogP contribution >= 0.6 is 43.5 Å². The molecule has 0 amide bonds. The summed E-state index contributed by atoms with van der Waals surface area (Å²) in [5, 5.41) is 0.689. The molecule has 0 bridgehead atoms. The summed E-state index contributed by atoms with van der Waals surface area (Å²) < 4.78 is 1.99. The number of nitrogens with zero attached hydrogens (tertiary/aromatic N) is 2. The minimum atomic E-state index is -0.0842. The Hall–Kier alpha value is -6.11. The van der Waals surface area contributed by atoms with E-state index in [4.69, 9.17) is 11.6 Å². The molecule has 2 aliphatic heterocycles. The first-order valence-corrected chi connectivity index (χ1v) is 22.0. The van der Waals surface area contributed by atoms with Crippen LogP contribution in [0.2, 0.25) is 5.02 Å². The molecule has 284 valence electrons. The van der Waals surface area contributed by atoms with E-state index in [0.29, 0.717) is 5.02 Å². The van der Waals surface area contributed by atoms with Crippen LogP contribution in [0.5, 0.6) is 0 Å². The van der Waals surface area contributed by atoms with Gasteiger partial charge in [0.05, 0.1) is 11.4 Å². The highest BCUT2D eigenvalue weighted by Crippen LogP contribution is 2.53. The van der Waals surface area contributed by atoms with E-state index in [1.165, 1.54) is 16.4 Å². The molecule has 2 aliphatic rings. The van der Waals surface area contributed by atoms with Crippen molar-refractivity contribution in [3.05, 3.63) is 220 Å². The number of anilines is 6. The molecule has 0 N–H and O–H groups in total. The Morgan fingerprint density at radius 1 is 0.350 bits per heavy atom. The normalized spacial score (nSPS) is 12.5. The van der Waals surface area contributed by atoms with Crippen LogP contribution in [0.3, 0.4) is 0 Å². The molecule has 0 aromatic heterocycles. The second-order valence-corrected chi connectivity index (χ2v) is 17.5. The maximum Gasteiger partial charge on any atom is 0.252 e. The average Bonchev–Trinajstić information content (AvgIpc) is 3.29. The van der Waals surface area contributed by atoms with Crippen molar-refractivity contribution in [3.63, 3.8) is 0 Å². The Balaban J connectivity index is 1.28. The molecule has 11 rings (SSSR count). The summed E-state index contributed by atoms with van der Waals surface area (Å²) in [4.78, 5) is 5.00. The highest BCUT2D eigenvalue weighted by Gasteiger charge is 2.45. The molecule has 0 spiro atoms. The lowest BCUT2D eigenvalue weighted by atomic mass is 9.33. The van der Waals surface area contributed by atoms with Gasteiger partial charge in [-0.1, -0.05) is 213 Å². The molecule has 0 saturated heterocycles. The molecule has 2 nitrogen and oxygen atoms in total. The smallest absolute Gasteiger partial charge is 0.252 e. The van der Waals surface area contributed by atoms with Gasteiger partial charge in [-0.2, -0.15) is 0 Å². The lowest BCUT2D eigenvalue weighted by Gasteiger charge is -2.45. The summed E-state index contributed by atoms with van der Waals surface area (Å²) in [5.41, 5.74) is 19.4. The van der Waals surface area contributed by atoms with E-state index in [2.05, 4.69) is 242 Å². The van der Waals surface area contributed by atoms with E-state index < -0.39 is 0 Å². The van der Waals surface area contributed by atoms with Gasteiger partial charge in [0.1, 0.15) is 0 Å². The third kappa shape index (κ3) is 6.15. The van der Waals surface area contributed by atoms with E-state index in [-0.39, 0.29) is 6.71 Å². The molecule has 60 heavy (non-hydrogen) atoms. The van der Waals surface area contributed by atoms with Crippen molar-refractivity contribution in [1.29, 1.82) is 0 Å². The minimum absolute atomic E-state index is 0.0842. The fourth-order valence-corrected chi connectivity index (χ4v) is 10.3. The van der Waals surface area contributed by atoms with Crippen molar-refractivity contribution in [3.8, 4) is 44.5 Å². The molecule has 9 aromatic rings. The second kappa shape index (κ2) is 15.2. The molecule has 6 heteroatoms. The summed E-state index contributed by atoms with van der Waals surface area (Å²) in [6.07, 6.45) is 0. The van der Waals surface area contributed by atoms with Crippen LogP contribution in [-0.2, 0) is 0 Å². The van der Waals surface area contributed by atoms with Crippen molar-refractivity contribution in [2.75, 3.05) is 9.80 Å². The third-order valence-corrected chi connectivity index (χ3v) is 13.0. The summed E-state index contributed by atoms with van der Waals surface area (Å²) in [6, 6.07) is 74.2. The van der Waals surface area contributed by atoms with Gasteiger partial charge in [0.2, 0.25) is 0 Å². The van der Waals surface area contributed by atoms with Crippen LogP contribution in [0.4, 0.5) is 34.1 Å². The molecule has 0 saturated carbocycles. The standard InChI is InChI=1S/C54H34BBr2ClN2/c56-39-27-29-46-48(31-39)59(53-42(35-15-5-1-6-16-35)23-13-24-43(53)36-17-7-2-8-18-36)50-32-40(57)33-51-52(50)55(46)47-30-28-41(58)34-49(47)60(51)54-44(37-19-9-3-10-20-37)25-14-26-45(54)38-21-11-4-12-22-38/h1-34H. The SMILES string of the molecule is Clc1ccc2c(c1)N(c1c(-c3ccccc3)cccc1-c1ccccc1)c1cc(Br)cc3c1B2c1ccc(Br)cc1N3c1c(-c2ccccc2)cccc1-c1ccccc1. The highest BCUT2D eigenvalue weighted by atomic mass is 79.9. The van der Waals surface area contributed by atoms with Crippen LogP contribution in [0, 0.1) is 0 Å². The van der Waals surface area contributed by atoms with Crippen LogP contribution in [-0.4, -0.2) is 6.71 Å². The summed E-state index contributed by atoms with van der Waals surface area (Å²) in [7, 11) is 0. The van der Waals surface area contributed by atoms with Gasteiger partial charge >= 0.3 is 0 Å². The zero-order valence-corrected chi connectivity index (χ0v) is 36.2. The average molecular weight is 917 g/mol.